The van der Waals surface area contributed by atoms with Crippen molar-refractivity contribution in [2.45, 2.75) is 19.4 Å². The highest BCUT2D eigenvalue weighted by atomic mass is 32.1. The van der Waals surface area contributed by atoms with Gasteiger partial charge >= 0.3 is 0 Å². The molecule has 0 bridgehead atoms. The highest BCUT2D eigenvalue weighted by Crippen LogP contribution is 2.20. The van der Waals surface area contributed by atoms with E-state index < -0.39 is 6.10 Å². The van der Waals surface area contributed by atoms with Crippen molar-refractivity contribution in [3.05, 3.63) is 52.2 Å². The van der Waals surface area contributed by atoms with Crippen molar-refractivity contribution in [2.24, 2.45) is 0 Å². The Labute approximate surface area is 128 Å². The van der Waals surface area contributed by atoms with Crippen molar-refractivity contribution >= 4 is 17.2 Å². The van der Waals surface area contributed by atoms with E-state index >= 15 is 0 Å². The van der Waals surface area contributed by atoms with Gasteiger partial charge < -0.3 is 15.2 Å². The number of amides is 1. The Morgan fingerprint density at radius 2 is 2.14 bits per heavy atom. The first kappa shape index (κ1) is 15.5. The van der Waals surface area contributed by atoms with Crippen LogP contribution in [0.4, 0.5) is 0 Å². The van der Waals surface area contributed by atoms with Gasteiger partial charge in [-0.05, 0) is 36.4 Å². The van der Waals surface area contributed by atoms with Crippen molar-refractivity contribution in [1.29, 1.82) is 0 Å². The van der Waals surface area contributed by atoms with Gasteiger partial charge in [-0.15, -0.1) is 11.3 Å². The molecule has 2 aromatic rings. The maximum Gasteiger partial charge on any atom is 0.257 e. The highest BCUT2D eigenvalue weighted by Gasteiger charge is 2.09. The molecule has 4 nitrogen and oxygen atoms in total. The molecule has 0 radical (unpaired) electrons. The van der Waals surface area contributed by atoms with Gasteiger partial charge in [0, 0.05) is 11.4 Å². The summed E-state index contributed by atoms with van der Waals surface area (Å²) < 4.78 is 5.46. The SMILES string of the molecule is Cc1ccccc1OCC(=O)NCCC(O)c1cccs1. The van der Waals surface area contributed by atoms with E-state index in [1.807, 2.05) is 48.7 Å². The van der Waals surface area contributed by atoms with Gasteiger partial charge in [0.15, 0.2) is 6.61 Å². The lowest BCUT2D eigenvalue weighted by Gasteiger charge is -2.11. The lowest BCUT2D eigenvalue weighted by Crippen LogP contribution is -2.30. The molecule has 0 saturated carbocycles. The Bertz CT molecular complexity index is 569. The number of hydrogen-bond acceptors (Lipinski definition) is 4. The molecule has 2 N–H and O–H groups in total. The number of carbonyl (C=O) groups is 1. The van der Waals surface area contributed by atoms with Crippen LogP contribution in [-0.4, -0.2) is 24.2 Å². The van der Waals surface area contributed by atoms with Crippen LogP contribution in [0.2, 0.25) is 0 Å². The van der Waals surface area contributed by atoms with E-state index in [-0.39, 0.29) is 12.5 Å². The molecule has 21 heavy (non-hydrogen) atoms. The number of hydrogen-bond donors (Lipinski definition) is 2. The summed E-state index contributed by atoms with van der Waals surface area (Å²) in [5.74, 6) is 0.530. The first-order valence-corrected chi connectivity index (χ1v) is 7.71. The molecule has 5 heteroatoms. The molecule has 1 heterocycles. The lowest BCUT2D eigenvalue weighted by atomic mass is 10.2. The van der Waals surface area contributed by atoms with Crippen LogP contribution in [0.1, 0.15) is 23.0 Å². The molecule has 0 aliphatic carbocycles. The Morgan fingerprint density at radius 1 is 1.33 bits per heavy atom. The summed E-state index contributed by atoms with van der Waals surface area (Å²) in [6.45, 7) is 2.35. The van der Waals surface area contributed by atoms with Crippen LogP contribution in [0.3, 0.4) is 0 Å². The van der Waals surface area contributed by atoms with E-state index in [2.05, 4.69) is 5.32 Å². The van der Waals surface area contributed by atoms with Gasteiger partial charge in [0.1, 0.15) is 5.75 Å². The van der Waals surface area contributed by atoms with Crippen LogP contribution >= 0.6 is 11.3 Å². The maximum atomic E-state index is 11.7. The van der Waals surface area contributed by atoms with Crippen LogP contribution < -0.4 is 10.1 Å². The minimum atomic E-state index is -0.525. The number of aliphatic hydroxyl groups is 1. The molecule has 0 aliphatic heterocycles. The summed E-state index contributed by atoms with van der Waals surface area (Å²) in [6.07, 6.45) is -0.0287. The number of benzene rings is 1. The van der Waals surface area contributed by atoms with Crippen LogP contribution in [0, 0.1) is 6.92 Å². The van der Waals surface area contributed by atoms with Gasteiger partial charge in [0.25, 0.3) is 5.91 Å². The number of aliphatic hydroxyl groups excluding tert-OH is 1. The molecule has 1 aromatic heterocycles. The third-order valence-electron chi connectivity index (χ3n) is 3.06. The van der Waals surface area contributed by atoms with Crippen LogP contribution in [-0.2, 0) is 4.79 Å². The number of nitrogens with one attached hydrogen (secondary N) is 1. The van der Waals surface area contributed by atoms with Crippen LogP contribution in [0.15, 0.2) is 41.8 Å². The number of para-hydroxylation sites is 1. The quantitative estimate of drug-likeness (QED) is 0.827. The van der Waals surface area contributed by atoms with Gasteiger partial charge in [-0.1, -0.05) is 24.3 Å². The molecule has 0 saturated heterocycles. The monoisotopic (exact) mass is 305 g/mol. The van der Waals surface area contributed by atoms with Gasteiger partial charge in [-0.2, -0.15) is 0 Å². The fraction of sp³-hybridized carbons (Fsp3) is 0.312. The molecule has 1 aromatic carbocycles. The van der Waals surface area contributed by atoms with Gasteiger partial charge in [0.05, 0.1) is 6.10 Å². The van der Waals surface area contributed by atoms with Crippen molar-refractivity contribution in [2.75, 3.05) is 13.2 Å². The molecule has 2 rings (SSSR count). The summed E-state index contributed by atoms with van der Waals surface area (Å²) in [4.78, 5) is 12.6. The van der Waals surface area contributed by atoms with Crippen molar-refractivity contribution in [3.63, 3.8) is 0 Å². The van der Waals surface area contributed by atoms with Gasteiger partial charge in [-0.3, -0.25) is 4.79 Å². The number of ether oxygens (including phenoxy) is 1. The Balaban J connectivity index is 1.67. The minimum absolute atomic E-state index is 0.0139. The van der Waals surface area contributed by atoms with E-state index in [0.717, 1.165) is 10.4 Å². The van der Waals surface area contributed by atoms with Crippen LogP contribution in [0.25, 0.3) is 0 Å². The van der Waals surface area contributed by atoms with E-state index in [1.54, 1.807) is 0 Å². The molecule has 112 valence electrons. The van der Waals surface area contributed by atoms with E-state index in [4.69, 9.17) is 4.74 Å². The topological polar surface area (TPSA) is 58.6 Å². The van der Waals surface area contributed by atoms with Crippen molar-refractivity contribution in [3.8, 4) is 5.75 Å². The van der Waals surface area contributed by atoms with Crippen molar-refractivity contribution in [1.82, 2.24) is 5.32 Å². The number of thiophene rings is 1. The number of aryl methyl sites for hydroxylation is 1. The van der Waals surface area contributed by atoms with Gasteiger partial charge in [0.2, 0.25) is 0 Å². The number of rotatable bonds is 7. The van der Waals surface area contributed by atoms with E-state index in [1.165, 1.54) is 11.3 Å². The second-order valence-corrected chi connectivity index (χ2v) is 5.70. The normalized spacial score (nSPS) is 11.9. The zero-order valence-corrected chi connectivity index (χ0v) is 12.7. The summed E-state index contributed by atoms with van der Waals surface area (Å²) in [5, 5.41) is 14.6. The first-order chi connectivity index (χ1) is 10.2. The standard InChI is InChI=1S/C16H19NO3S/c1-12-5-2-3-6-14(12)20-11-16(19)17-9-8-13(18)15-7-4-10-21-15/h2-7,10,13,18H,8-9,11H2,1H3,(H,17,19). The predicted molar refractivity (Wildman–Crippen MR) is 83.6 cm³/mol. The van der Waals surface area contributed by atoms with Gasteiger partial charge in [-0.25, -0.2) is 0 Å². The van der Waals surface area contributed by atoms with Crippen molar-refractivity contribution < 1.29 is 14.6 Å². The van der Waals surface area contributed by atoms with E-state index in [9.17, 15) is 9.90 Å². The molecule has 1 atom stereocenters. The second kappa shape index (κ2) is 7.81. The third kappa shape index (κ3) is 4.88. The number of carbonyl (C=O) groups excluding carboxylic acids is 1. The maximum absolute atomic E-state index is 11.7. The minimum Gasteiger partial charge on any atom is -0.484 e. The Hall–Kier alpha value is -1.85. The molecule has 1 amide bonds. The molecular weight excluding hydrogens is 286 g/mol. The first-order valence-electron chi connectivity index (χ1n) is 6.83. The summed E-state index contributed by atoms with van der Waals surface area (Å²) in [7, 11) is 0. The zero-order chi connectivity index (χ0) is 15.1. The summed E-state index contributed by atoms with van der Waals surface area (Å²) in [5.41, 5.74) is 0.999. The van der Waals surface area contributed by atoms with Crippen LogP contribution in [0.5, 0.6) is 5.75 Å². The predicted octanol–water partition coefficient (Wildman–Crippen LogP) is 2.68. The second-order valence-electron chi connectivity index (χ2n) is 4.72. The highest BCUT2D eigenvalue weighted by molar-refractivity contribution is 7.10. The molecule has 1 unspecified atom stereocenters. The summed E-state index contributed by atoms with van der Waals surface area (Å²) in [6, 6.07) is 11.4. The Morgan fingerprint density at radius 3 is 2.86 bits per heavy atom. The largest absolute Gasteiger partial charge is 0.484 e. The zero-order valence-electron chi connectivity index (χ0n) is 11.9. The smallest absolute Gasteiger partial charge is 0.257 e. The average Bonchev–Trinajstić information content (AvgIpc) is 3.00. The van der Waals surface area contributed by atoms with E-state index in [0.29, 0.717) is 18.7 Å². The third-order valence-corrected chi connectivity index (χ3v) is 4.04. The fourth-order valence-corrected chi connectivity index (χ4v) is 2.63. The average molecular weight is 305 g/mol. The molecular formula is C16H19NO3S. The molecule has 0 fully saturated rings. The molecule has 0 spiro atoms. The summed E-state index contributed by atoms with van der Waals surface area (Å²) >= 11 is 1.51. The molecule has 0 aliphatic rings. The Kier molecular flexibility index (Phi) is 5.78. The fourth-order valence-electron chi connectivity index (χ4n) is 1.88. The lowest BCUT2D eigenvalue weighted by molar-refractivity contribution is -0.123.